The first-order chi connectivity index (χ1) is 13.5. The van der Waals surface area contributed by atoms with Crippen molar-refractivity contribution in [2.24, 2.45) is 0 Å². The zero-order valence-electron chi connectivity index (χ0n) is 15.2. The van der Waals surface area contributed by atoms with E-state index in [-0.39, 0.29) is 31.0 Å². The van der Waals surface area contributed by atoms with Crippen LogP contribution in [0.3, 0.4) is 0 Å². The fourth-order valence-electron chi connectivity index (χ4n) is 2.94. The average Bonchev–Trinajstić information content (AvgIpc) is 3.31. The first-order valence-corrected chi connectivity index (χ1v) is 9.88. The van der Waals surface area contributed by atoms with E-state index in [1.54, 1.807) is 12.1 Å². The Labute approximate surface area is 170 Å². The summed E-state index contributed by atoms with van der Waals surface area (Å²) in [6.07, 6.45) is 2.13. The van der Waals surface area contributed by atoms with Gasteiger partial charge in [0.25, 0.3) is 0 Å². The van der Waals surface area contributed by atoms with Crippen LogP contribution in [0.5, 0.6) is 0 Å². The molecule has 0 bridgehead atoms. The van der Waals surface area contributed by atoms with Gasteiger partial charge in [-0.05, 0) is 23.8 Å². The van der Waals surface area contributed by atoms with Gasteiger partial charge < -0.3 is 15.0 Å². The Morgan fingerprint density at radius 2 is 1.96 bits per heavy atom. The number of Topliss-reactive ketones (excluding diaryl/α,β-unsaturated/α-hetero) is 1. The molecule has 6 nitrogen and oxygen atoms in total. The number of H-pyrrole nitrogens is 1. The van der Waals surface area contributed by atoms with Crippen LogP contribution in [0.2, 0.25) is 4.34 Å². The number of esters is 1. The molecule has 3 aromatic rings. The SMILES string of the molecule is COC(=O)[C@H](Cc1c[nH]c2ccccc12)NC(=O)CCC(=O)c1ccc(Cl)s1. The molecule has 1 aromatic carbocycles. The van der Waals surface area contributed by atoms with E-state index in [1.807, 2.05) is 30.5 Å². The molecule has 0 aliphatic carbocycles. The summed E-state index contributed by atoms with van der Waals surface area (Å²) >= 11 is 7.01. The fraction of sp³-hybridized carbons (Fsp3) is 0.250. The summed E-state index contributed by atoms with van der Waals surface area (Å²) in [6, 6.07) is 10.2. The van der Waals surface area contributed by atoms with E-state index in [2.05, 4.69) is 10.3 Å². The molecule has 0 aliphatic rings. The third-order valence-electron chi connectivity index (χ3n) is 4.35. The van der Waals surface area contributed by atoms with Crippen LogP contribution < -0.4 is 5.32 Å². The van der Waals surface area contributed by atoms with E-state index < -0.39 is 12.0 Å². The molecule has 0 radical (unpaired) electrons. The normalized spacial score (nSPS) is 11.9. The Kier molecular flexibility index (Phi) is 6.49. The summed E-state index contributed by atoms with van der Waals surface area (Å²) in [5.41, 5.74) is 1.85. The van der Waals surface area contributed by atoms with Crippen molar-refractivity contribution in [1.82, 2.24) is 10.3 Å². The first kappa shape index (κ1) is 20.1. The second kappa shape index (κ2) is 9.03. The zero-order valence-corrected chi connectivity index (χ0v) is 16.7. The van der Waals surface area contributed by atoms with Gasteiger partial charge in [-0.3, -0.25) is 9.59 Å². The van der Waals surface area contributed by atoms with E-state index in [1.165, 1.54) is 18.4 Å². The molecule has 0 unspecified atom stereocenters. The van der Waals surface area contributed by atoms with Crippen LogP contribution in [0.15, 0.2) is 42.6 Å². The largest absolute Gasteiger partial charge is 0.467 e. The molecule has 1 atom stereocenters. The quantitative estimate of drug-likeness (QED) is 0.430. The molecular formula is C20H19ClN2O4S. The lowest BCUT2D eigenvalue weighted by Crippen LogP contribution is -2.43. The topological polar surface area (TPSA) is 88.3 Å². The molecule has 8 heteroatoms. The van der Waals surface area contributed by atoms with Crippen LogP contribution >= 0.6 is 22.9 Å². The number of rotatable bonds is 8. The van der Waals surface area contributed by atoms with E-state index in [9.17, 15) is 14.4 Å². The maximum Gasteiger partial charge on any atom is 0.328 e. The number of hydrogen-bond acceptors (Lipinski definition) is 5. The Morgan fingerprint density at radius 3 is 2.68 bits per heavy atom. The van der Waals surface area contributed by atoms with Gasteiger partial charge in [0.05, 0.1) is 16.3 Å². The predicted molar refractivity (Wildman–Crippen MR) is 109 cm³/mol. The summed E-state index contributed by atoms with van der Waals surface area (Å²) in [5.74, 6) is -1.07. The number of aromatic nitrogens is 1. The molecular weight excluding hydrogens is 400 g/mol. The maximum absolute atomic E-state index is 12.3. The molecule has 28 heavy (non-hydrogen) atoms. The number of ketones is 1. The van der Waals surface area contributed by atoms with Crippen molar-refractivity contribution in [3.05, 3.63) is 57.4 Å². The van der Waals surface area contributed by atoms with Crippen molar-refractivity contribution in [2.45, 2.75) is 25.3 Å². The van der Waals surface area contributed by atoms with Crippen molar-refractivity contribution >= 4 is 51.5 Å². The molecule has 2 aromatic heterocycles. The van der Waals surface area contributed by atoms with Gasteiger partial charge in [0.1, 0.15) is 6.04 Å². The number of benzene rings is 1. The summed E-state index contributed by atoms with van der Waals surface area (Å²) < 4.78 is 5.35. The Balaban J connectivity index is 1.62. The van der Waals surface area contributed by atoms with Crippen LogP contribution in [0, 0.1) is 0 Å². The number of carbonyl (C=O) groups excluding carboxylic acids is 3. The number of nitrogens with one attached hydrogen (secondary N) is 2. The summed E-state index contributed by atoms with van der Waals surface area (Å²) in [4.78, 5) is 40.2. The fourth-order valence-corrected chi connectivity index (χ4v) is 3.95. The van der Waals surface area contributed by atoms with Crippen molar-refractivity contribution in [3.8, 4) is 0 Å². The predicted octanol–water partition coefficient (Wildman–Crippen LogP) is 3.75. The number of methoxy groups -OCH3 is 1. The Morgan fingerprint density at radius 1 is 1.18 bits per heavy atom. The lowest BCUT2D eigenvalue weighted by atomic mass is 10.0. The second-order valence-electron chi connectivity index (χ2n) is 6.23. The number of fused-ring (bicyclic) bond motifs is 1. The summed E-state index contributed by atoms with van der Waals surface area (Å²) in [6.45, 7) is 0. The smallest absolute Gasteiger partial charge is 0.328 e. The lowest BCUT2D eigenvalue weighted by Gasteiger charge is -2.16. The van der Waals surface area contributed by atoms with Crippen molar-refractivity contribution in [1.29, 1.82) is 0 Å². The van der Waals surface area contributed by atoms with Gasteiger partial charge in [0.15, 0.2) is 5.78 Å². The highest BCUT2D eigenvalue weighted by atomic mass is 35.5. The third-order valence-corrected chi connectivity index (χ3v) is 5.62. The standard InChI is InChI=1S/C20H19ClN2O4S/c1-27-20(26)15(10-12-11-22-14-5-3-2-4-13(12)14)23-19(25)9-6-16(24)17-7-8-18(21)28-17/h2-5,7-8,11,15,22H,6,9-10H2,1H3,(H,23,25)/t15-/m0/s1. The number of halogens is 1. The average molecular weight is 419 g/mol. The third kappa shape index (κ3) is 4.79. The molecule has 2 heterocycles. The van der Waals surface area contributed by atoms with Crippen LogP contribution in [0.4, 0.5) is 0 Å². The van der Waals surface area contributed by atoms with Crippen LogP contribution in [-0.2, 0) is 20.7 Å². The second-order valence-corrected chi connectivity index (χ2v) is 7.95. The first-order valence-electron chi connectivity index (χ1n) is 8.68. The van der Waals surface area contributed by atoms with Gasteiger partial charge in [0, 0.05) is 36.4 Å². The van der Waals surface area contributed by atoms with Crippen LogP contribution in [0.1, 0.15) is 28.1 Å². The number of thiophene rings is 1. The molecule has 0 fully saturated rings. The highest BCUT2D eigenvalue weighted by molar-refractivity contribution is 7.18. The van der Waals surface area contributed by atoms with Gasteiger partial charge >= 0.3 is 5.97 Å². The molecule has 1 amide bonds. The van der Waals surface area contributed by atoms with Crippen molar-refractivity contribution < 1.29 is 19.1 Å². The van der Waals surface area contributed by atoms with E-state index in [0.29, 0.717) is 9.21 Å². The highest BCUT2D eigenvalue weighted by Gasteiger charge is 2.23. The van der Waals surface area contributed by atoms with Gasteiger partial charge in [-0.2, -0.15) is 0 Å². The van der Waals surface area contributed by atoms with Crippen LogP contribution in [0.25, 0.3) is 10.9 Å². The molecule has 0 spiro atoms. The van der Waals surface area contributed by atoms with Gasteiger partial charge in [-0.25, -0.2) is 4.79 Å². The number of ether oxygens (including phenoxy) is 1. The maximum atomic E-state index is 12.3. The number of aromatic amines is 1. The summed E-state index contributed by atoms with van der Waals surface area (Å²) in [7, 11) is 1.28. The lowest BCUT2D eigenvalue weighted by molar-refractivity contribution is -0.145. The van der Waals surface area contributed by atoms with Crippen molar-refractivity contribution in [2.75, 3.05) is 7.11 Å². The molecule has 3 rings (SSSR count). The monoisotopic (exact) mass is 418 g/mol. The zero-order chi connectivity index (χ0) is 20.1. The number of para-hydroxylation sites is 1. The molecule has 146 valence electrons. The Hall–Kier alpha value is -2.64. The molecule has 0 saturated heterocycles. The number of amides is 1. The number of carbonyl (C=O) groups is 3. The van der Waals surface area contributed by atoms with Crippen LogP contribution in [-0.4, -0.2) is 35.8 Å². The minimum absolute atomic E-state index is 0.0181. The summed E-state index contributed by atoms with van der Waals surface area (Å²) in [5, 5.41) is 3.66. The minimum Gasteiger partial charge on any atom is -0.467 e. The molecule has 2 N–H and O–H groups in total. The van der Waals surface area contributed by atoms with Gasteiger partial charge in [-0.1, -0.05) is 29.8 Å². The minimum atomic E-state index is -0.831. The molecule has 0 saturated carbocycles. The highest BCUT2D eigenvalue weighted by Crippen LogP contribution is 2.23. The van der Waals surface area contributed by atoms with Gasteiger partial charge in [-0.15, -0.1) is 11.3 Å². The van der Waals surface area contributed by atoms with E-state index in [4.69, 9.17) is 16.3 Å². The van der Waals surface area contributed by atoms with E-state index >= 15 is 0 Å². The van der Waals surface area contributed by atoms with Gasteiger partial charge in [0.2, 0.25) is 5.91 Å². The van der Waals surface area contributed by atoms with E-state index in [0.717, 1.165) is 16.5 Å². The Bertz CT molecular complexity index is 1010. The van der Waals surface area contributed by atoms with Crippen molar-refractivity contribution in [3.63, 3.8) is 0 Å². The number of hydrogen-bond donors (Lipinski definition) is 2. The molecule has 0 aliphatic heterocycles.